The average Bonchev–Trinajstić information content (AvgIpc) is 2.22. The molecule has 0 aromatic carbocycles. The van der Waals surface area contributed by atoms with Crippen LogP contribution >= 0.6 is 0 Å². The molecular formula is C13H33N3Si2. The molecule has 0 saturated carbocycles. The third-order valence-electron chi connectivity index (χ3n) is 4.03. The summed E-state index contributed by atoms with van der Waals surface area (Å²) in [5.41, 5.74) is 2.22. The lowest BCUT2D eigenvalue weighted by Gasteiger charge is -2.47. The van der Waals surface area contributed by atoms with Gasteiger partial charge in [0.2, 0.25) is 0 Å². The van der Waals surface area contributed by atoms with E-state index in [4.69, 9.17) is 0 Å². The Labute approximate surface area is 117 Å². The second-order valence-corrected chi connectivity index (χ2v) is 16.1. The molecule has 0 aliphatic heterocycles. The van der Waals surface area contributed by atoms with Gasteiger partial charge in [0.25, 0.3) is 8.56 Å². The summed E-state index contributed by atoms with van der Waals surface area (Å²) in [6, 6.07) is 2.64. The predicted octanol–water partition coefficient (Wildman–Crippen LogP) is 2.43. The molecule has 0 amide bonds. The van der Waals surface area contributed by atoms with Crippen molar-refractivity contribution in [1.82, 2.24) is 13.7 Å². The molecule has 0 spiro atoms. The molecule has 0 aromatic heterocycles. The molecule has 0 aromatic rings. The second-order valence-electron chi connectivity index (χ2n) is 6.50. The maximum absolute atomic E-state index is 3.99. The van der Waals surface area contributed by atoms with Crippen molar-refractivity contribution in [3.63, 3.8) is 0 Å². The van der Waals surface area contributed by atoms with Crippen molar-refractivity contribution in [3.05, 3.63) is 12.3 Å². The normalized spacial score (nSPS) is 13.7. The Kier molecular flexibility index (Phi) is 7.02. The van der Waals surface area contributed by atoms with Gasteiger partial charge in [-0.25, -0.2) is 0 Å². The van der Waals surface area contributed by atoms with Crippen molar-refractivity contribution in [3.8, 4) is 0 Å². The SMILES string of the molecule is C=C[Si](C)(C)CCC[Si](N(C)C)(N(C)C)N(C)C. The van der Waals surface area contributed by atoms with Crippen LogP contribution in [0.5, 0.6) is 0 Å². The summed E-state index contributed by atoms with van der Waals surface area (Å²) >= 11 is 0. The molecular weight excluding hydrogens is 254 g/mol. The maximum Gasteiger partial charge on any atom is 0.288 e. The number of rotatable bonds is 8. The molecule has 0 rings (SSSR count). The van der Waals surface area contributed by atoms with Crippen LogP contribution in [0.15, 0.2) is 12.3 Å². The van der Waals surface area contributed by atoms with Gasteiger partial charge in [-0.3, -0.25) is 0 Å². The topological polar surface area (TPSA) is 9.72 Å². The van der Waals surface area contributed by atoms with Gasteiger partial charge in [-0.05, 0) is 48.3 Å². The van der Waals surface area contributed by atoms with Gasteiger partial charge >= 0.3 is 0 Å². The number of nitrogens with zero attached hydrogens (tertiary/aromatic N) is 3. The van der Waals surface area contributed by atoms with E-state index < -0.39 is 16.6 Å². The smallest absolute Gasteiger partial charge is 0.288 e. The highest BCUT2D eigenvalue weighted by atomic mass is 28.4. The number of hydrogen-bond donors (Lipinski definition) is 0. The fourth-order valence-electron chi connectivity index (χ4n) is 2.75. The van der Waals surface area contributed by atoms with Crippen LogP contribution in [-0.2, 0) is 0 Å². The monoisotopic (exact) mass is 287 g/mol. The zero-order chi connectivity index (χ0) is 14.6. The largest absolute Gasteiger partial charge is 0.305 e. The first kappa shape index (κ1) is 18.1. The zero-order valence-corrected chi connectivity index (χ0v) is 15.7. The molecule has 0 bridgehead atoms. The number of hydrogen-bond acceptors (Lipinski definition) is 3. The van der Waals surface area contributed by atoms with Crippen molar-refractivity contribution >= 4 is 16.6 Å². The Balaban J connectivity index is 4.77. The minimum atomic E-state index is -1.65. The van der Waals surface area contributed by atoms with E-state index in [9.17, 15) is 0 Å². The molecule has 0 unspecified atom stereocenters. The zero-order valence-electron chi connectivity index (χ0n) is 13.7. The van der Waals surface area contributed by atoms with Crippen LogP contribution in [0, 0.1) is 0 Å². The van der Waals surface area contributed by atoms with Gasteiger partial charge in [0.1, 0.15) is 0 Å². The second kappa shape index (κ2) is 7.00. The van der Waals surface area contributed by atoms with Crippen molar-refractivity contribution < 1.29 is 0 Å². The molecule has 0 saturated heterocycles. The van der Waals surface area contributed by atoms with Crippen molar-refractivity contribution in [2.75, 3.05) is 42.3 Å². The summed E-state index contributed by atoms with van der Waals surface area (Å²) < 4.78 is 7.36. The van der Waals surface area contributed by atoms with Crippen molar-refractivity contribution in [1.29, 1.82) is 0 Å². The molecule has 3 nitrogen and oxygen atoms in total. The Hall–Kier alpha value is 0.0538. The first-order valence-electron chi connectivity index (χ1n) is 6.76. The summed E-state index contributed by atoms with van der Waals surface area (Å²) in [4.78, 5) is 0. The Bertz CT molecular complexity index is 241. The van der Waals surface area contributed by atoms with E-state index in [0.717, 1.165) is 0 Å². The van der Waals surface area contributed by atoms with Crippen molar-refractivity contribution in [2.24, 2.45) is 0 Å². The molecule has 0 N–H and O–H groups in total. The standard InChI is InChI=1S/C13H33N3Si2/c1-10-17(8,9)12-11-13-18(14(2)3,15(4)5)16(6)7/h10H,1,11-13H2,2-9H3. The highest BCUT2D eigenvalue weighted by Gasteiger charge is 2.42. The summed E-state index contributed by atoms with van der Waals surface area (Å²) in [6.45, 7) is 8.81. The fraction of sp³-hybridized carbons (Fsp3) is 0.846. The summed E-state index contributed by atoms with van der Waals surface area (Å²) in [5.74, 6) is 0. The van der Waals surface area contributed by atoms with E-state index in [0.29, 0.717) is 0 Å². The molecule has 0 fully saturated rings. The van der Waals surface area contributed by atoms with Crippen LogP contribution < -0.4 is 0 Å². The molecule has 0 radical (unpaired) electrons. The van der Waals surface area contributed by atoms with Crippen LogP contribution in [-0.4, -0.2) is 72.6 Å². The predicted molar refractivity (Wildman–Crippen MR) is 88.7 cm³/mol. The quantitative estimate of drug-likeness (QED) is 0.635. The summed E-state index contributed by atoms with van der Waals surface area (Å²) in [5, 5.41) is 0. The Morgan fingerprint density at radius 1 is 0.833 bits per heavy atom. The minimum Gasteiger partial charge on any atom is -0.305 e. The fourth-order valence-corrected chi connectivity index (χ4v) is 8.79. The highest BCUT2D eigenvalue weighted by molar-refractivity contribution is 6.82. The van der Waals surface area contributed by atoms with Crippen LogP contribution in [0.1, 0.15) is 6.42 Å². The van der Waals surface area contributed by atoms with E-state index in [-0.39, 0.29) is 0 Å². The van der Waals surface area contributed by atoms with Gasteiger partial charge in [0.15, 0.2) is 0 Å². The van der Waals surface area contributed by atoms with Gasteiger partial charge < -0.3 is 13.7 Å². The Morgan fingerprint density at radius 2 is 1.22 bits per heavy atom. The molecule has 0 aliphatic carbocycles. The van der Waals surface area contributed by atoms with Gasteiger partial charge in [-0.15, -0.1) is 12.3 Å². The van der Waals surface area contributed by atoms with E-state index in [1.165, 1.54) is 18.5 Å². The molecule has 0 heterocycles. The van der Waals surface area contributed by atoms with Crippen molar-refractivity contribution in [2.45, 2.75) is 31.6 Å². The van der Waals surface area contributed by atoms with Crippen LogP contribution in [0.3, 0.4) is 0 Å². The van der Waals surface area contributed by atoms with E-state index in [1.54, 1.807) is 0 Å². The third kappa shape index (κ3) is 4.31. The summed E-state index contributed by atoms with van der Waals surface area (Å²) in [7, 11) is 10.5. The lowest BCUT2D eigenvalue weighted by atomic mass is 10.6. The molecule has 0 aliphatic rings. The van der Waals surface area contributed by atoms with Gasteiger partial charge in [0.05, 0.1) is 8.07 Å². The van der Waals surface area contributed by atoms with Crippen LogP contribution in [0.2, 0.25) is 25.2 Å². The first-order chi connectivity index (χ1) is 8.10. The highest BCUT2D eigenvalue weighted by Crippen LogP contribution is 2.24. The van der Waals surface area contributed by atoms with Crippen LogP contribution in [0.25, 0.3) is 0 Å². The van der Waals surface area contributed by atoms with Gasteiger partial charge in [-0.2, -0.15) is 0 Å². The lowest BCUT2D eigenvalue weighted by Crippen LogP contribution is -2.69. The maximum atomic E-state index is 3.99. The van der Waals surface area contributed by atoms with Gasteiger partial charge in [0, 0.05) is 0 Å². The average molecular weight is 288 g/mol. The Morgan fingerprint density at radius 3 is 1.50 bits per heavy atom. The van der Waals surface area contributed by atoms with Crippen LogP contribution in [0.4, 0.5) is 0 Å². The molecule has 5 heteroatoms. The molecule has 108 valence electrons. The summed E-state index contributed by atoms with van der Waals surface area (Å²) in [6.07, 6.45) is 1.31. The molecule has 18 heavy (non-hydrogen) atoms. The van der Waals surface area contributed by atoms with E-state index in [1.807, 2.05) is 0 Å². The van der Waals surface area contributed by atoms with Gasteiger partial charge in [-0.1, -0.05) is 25.6 Å². The molecule has 0 atom stereocenters. The minimum absolute atomic E-state index is 1.15. The first-order valence-corrected chi connectivity index (χ1v) is 12.1. The third-order valence-corrected chi connectivity index (χ3v) is 12.1. The lowest BCUT2D eigenvalue weighted by molar-refractivity contribution is 0.374. The van der Waals surface area contributed by atoms with E-state index >= 15 is 0 Å². The van der Waals surface area contributed by atoms with E-state index in [2.05, 4.69) is 81.4 Å².